The van der Waals surface area contributed by atoms with E-state index in [1.54, 1.807) is 12.1 Å². The zero-order chi connectivity index (χ0) is 12.7. The van der Waals surface area contributed by atoms with Crippen molar-refractivity contribution in [2.45, 2.75) is 0 Å². The molecular weight excluding hydrogens is 224 g/mol. The summed E-state index contributed by atoms with van der Waals surface area (Å²) in [7, 11) is 0. The molecule has 1 rings (SSSR count). The maximum Gasteiger partial charge on any atom is 0.312 e. The summed E-state index contributed by atoms with van der Waals surface area (Å²) in [5.74, 6) is 5.32. The van der Waals surface area contributed by atoms with E-state index >= 15 is 0 Å². The first-order chi connectivity index (χ1) is 8.13. The highest BCUT2D eigenvalue weighted by Gasteiger charge is 2.04. The van der Waals surface area contributed by atoms with Crippen LogP contribution in [-0.2, 0) is 0 Å². The number of carbonyl (C=O) groups is 2. The molecule has 1 heterocycles. The predicted molar refractivity (Wildman–Crippen MR) is 62.0 cm³/mol. The Morgan fingerprint density at radius 2 is 1.94 bits per heavy atom. The summed E-state index contributed by atoms with van der Waals surface area (Å²) in [5.41, 5.74) is 7.62. The topological polar surface area (TPSA) is 135 Å². The fourth-order valence-corrected chi connectivity index (χ4v) is 1.08. The number of anilines is 1. The Morgan fingerprint density at radius 3 is 2.47 bits per heavy atom. The second-order valence-corrected chi connectivity index (χ2v) is 3.12. The number of urea groups is 1. The number of nitrogens with zero attached hydrogens (tertiary/aromatic N) is 1. The number of pyridine rings is 1. The van der Waals surface area contributed by atoms with Gasteiger partial charge >= 0.3 is 6.03 Å². The summed E-state index contributed by atoms with van der Waals surface area (Å²) < 4.78 is 0. The number of hydrogen-bond donors (Lipinski definition) is 5. The van der Waals surface area contributed by atoms with Crippen LogP contribution in [0.2, 0.25) is 0 Å². The van der Waals surface area contributed by atoms with Crippen molar-refractivity contribution in [1.29, 1.82) is 0 Å². The Balaban J connectivity index is 2.38. The van der Waals surface area contributed by atoms with E-state index in [4.69, 9.17) is 11.6 Å². The minimum Gasteiger partial charge on any atom is -0.352 e. The summed E-state index contributed by atoms with van der Waals surface area (Å²) in [6, 6.07) is 2.54. The van der Waals surface area contributed by atoms with E-state index in [1.807, 2.05) is 0 Å². The molecule has 0 aromatic carbocycles. The Kier molecular flexibility index (Phi) is 4.70. The highest BCUT2D eigenvalue weighted by molar-refractivity contribution is 5.94. The molecule has 0 fully saturated rings. The molecule has 0 unspecified atom stereocenters. The Morgan fingerprint density at radius 1 is 1.24 bits per heavy atom. The van der Waals surface area contributed by atoms with Crippen molar-refractivity contribution < 1.29 is 9.59 Å². The van der Waals surface area contributed by atoms with Gasteiger partial charge in [-0.05, 0) is 12.1 Å². The molecule has 8 nitrogen and oxygen atoms in total. The van der Waals surface area contributed by atoms with Gasteiger partial charge < -0.3 is 21.8 Å². The Hall–Kier alpha value is -2.35. The van der Waals surface area contributed by atoms with Gasteiger partial charge in [0.15, 0.2) is 0 Å². The Labute approximate surface area is 97.7 Å². The van der Waals surface area contributed by atoms with Gasteiger partial charge in [-0.1, -0.05) is 0 Å². The van der Waals surface area contributed by atoms with E-state index in [-0.39, 0.29) is 12.5 Å². The van der Waals surface area contributed by atoms with Crippen molar-refractivity contribution in [3.63, 3.8) is 0 Å². The molecule has 0 aliphatic rings. The number of hydrogen-bond acceptors (Lipinski definition) is 5. The minimum absolute atomic E-state index is 0.275. The molecule has 1 aromatic rings. The van der Waals surface area contributed by atoms with Crippen LogP contribution in [0.3, 0.4) is 0 Å². The van der Waals surface area contributed by atoms with Crippen LogP contribution in [0.4, 0.5) is 10.6 Å². The van der Waals surface area contributed by atoms with Crippen LogP contribution in [0, 0.1) is 0 Å². The van der Waals surface area contributed by atoms with E-state index in [9.17, 15) is 9.59 Å². The highest BCUT2D eigenvalue weighted by atomic mass is 16.2. The van der Waals surface area contributed by atoms with Crippen molar-refractivity contribution in [3.05, 3.63) is 23.9 Å². The molecule has 17 heavy (non-hydrogen) atoms. The molecule has 0 radical (unpaired) electrons. The Bertz CT molecular complexity index is 391. The molecule has 0 saturated carbocycles. The number of nitrogens with one attached hydrogen (secondary N) is 3. The summed E-state index contributed by atoms with van der Waals surface area (Å²) in [6.45, 7) is 0.565. The second-order valence-electron chi connectivity index (χ2n) is 3.12. The maximum atomic E-state index is 11.5. The fraction of sp³-hybridized carbons (Fsp3) is 0.222. The number of amides is 3. The van der Waals surface area contributed by atoms with Crippen LogP contribution < -0.4 is 27.6 Å². The SMILES string of the molecule is NNc1ccc(C(=O)NCCNC(N)=O)cn1. The van der Waals surface area contributed by atoms with Crippen LogP contribution in [0.25, 0.3) is 0 Å². The zero-order valence-electron chi connectivity index (χ0n) is 9.06. The number of nitrogen functional groups attached to an aromatic ring is 1. The maximum absolute atomic E-state index is 11.5. The average Bonchev–Trinajstić information content (AvgIpc) is 2.34. The molecule has 1 aromatic heterocycles. The number of nitrogens with two attached hydrogens (primary N) is 2. The van der Waals surface area contributed by atoms with Crippen LogP contribution in [-0.4, -0.2) is 30.0 Å². The van der Waals surface area contributed by atoms with Gasteiger partial charge in [-0.15, -0.1) is 0 Å². The second kappa shape index (κ2) is 6.28. The molecular formula is C9H14N6O2. The summed E-state index contributed by atoms with van der Waals surface area (Å²) in [4.78, 5) is 25.8. The normalized spacial score (nSPS) is 9.47. The largest absolute Gasteiger partial charge is 0.352 e. The fourth-order valence-electron chi connectivity index (χ4n) is 1.08. The average molecular weight is 238 g/mol. The lowest BCUT2D eigenvalue weighted by Crippen LogP contribution is -2.37. The van der Waals surface area contributed by atoms with Gasteiger partial charge in [0.2, 0.25) is 0 Å². The smallest absolute Gasteiger partial charge is 0.312 e. The lowest BCUT2D eigenvalue weighted by Gasteiger charge is -2.05. The van der Waals surface area contributed by atoms with Gasteiger partial charge in [0, 0.05) is 19.3 Å². The first-order valence-corrected chi connectivity index (χ1v) is 4.87. The van der Waals surface area contributed by atoms with Crippen molar-refractivity contribution >= 4 is 17.8 Å². The molecule has 7 N–H and O–H groups in total. The van der Waals surface area contributed by atoms with Gasteiger partial charge in [0.05, 0.1) is 5.56 Å². The van der Waals surface area contributed by atoms with Crippen LogP contribution in [0.5, 0.6) is 0 Å². The molecule has 92 valence electrons. The summed E-state index contributed by atoms with van der Waals surface area (Å²) in [5, 5.41) is 4.94. The van der Waals surface area contributed by atoms with Crippen LogP contribution >= 0.6 is 0 Å². The monoisotopic (exact) mass is 238 g/mol. The lowest BCUT2D eigenvalue weighted by molar-refractivity contribution is 0.0953. The van der Waals surface area contributed by atoms with Crippen molar-refractivity contribution in [1.82, 2.24) is 15.6 Å². The quantitative estimate of drug-likeness (QED) is 0.248. The van der Waals surface area contributed by atoms with E-state index < -0.39 is 6.03 Å². The summed E-state index contributed by atoms with van der Waals surface area (Å²) >= 11 is 0. The van der Waals surface area contributed by atoms with E-state index in [1.165, 1.54) is 6.20 Å². The van der Waals surface area contributed by atoms with E-state index in [0.717, 1.165) is 0 Å². The molecule has 0 atom stereocenters. The number of primary amides is 1. The standard InChI is InChI=1S/C9H14N6O2/c10-9(17)13-4-3-12-8(16)6-1-2-7(15-11)14-5-6/h1-2,5H,3-4,11H2,(H,12,16)(H,14,15)(H3,10,13,17). The lowest BCUT2D eigenvalue weighted by atomic mass is 10.2. The van der Waals surface area contributed by atoms with Crippen LogP contribution in [0.15, 0.2) is 18.3 Å². The first kappa shape index (κ1) is 12.7. The number of carbonyl (C=O) groups excluding carboxylic acids is 2. The number of rotatable bonds is 5. The number of aromatic nitrogens is 1. The minimum atomic E-state index is -0.626. The van der Waals surface area contributed by atoms with Crippen molar-refractivity contribution in [2.75, 3.05) is 18.5 Å². The third-order valence-corrected chi connectivity index (χ3v) is 1.88. The molecule has 0 aliphatic heterocycles. The predicted octanol–water partition coefficient (Wildman–Crippen LogP) is -1.23. The van der Waals surface area contributed by atoms with E-state index in [0.29, 0.717) is 17.9 Å². The van der Waals surface area contributed by atoms with Gasteiger partial charge in [0.25, 0.3) is 5.91 Å². The molecule has 3 amide bonds. The van der Waals surface area contributed by atoms with E-state index in [2.05, 4.69) is 21.0 Å². The highest BCUT2D eigenvalue weighted by Crippen LogP contribution is 2.02. The van der Waals surface area contributed by atoms with Crippen molar-refractivity contribution in [3.8, 4) is 0 Å². The molecule has 0 bridgehead atoms. The number of hydrazine groups is 1. The third-order valence-electron chi connectivity index (χ3n) is 1.88. The van der Waals surface area contributed by atoms with Gasteiger partial charge in [-0.25, -0.2) is 15.6 Å². The van der Waals surface area contributed by atoms with Crippen LogP contribution in [0.1, 0.15) is 10.4 Å². The third kappa shape index (κ3) is 4.34. The first-order valence-electron chi connectivity index (χ1n) is 4.87. The molecule has 0 aliphatic carbocycles. The van der Waals surface area contributed by atoms with Gasteiger partial charge in [-0.2, -0.15) is 0 Å². The molecule has 0 spiro atoms. The molecule has 8 heteroatoms. The zero-order valence-corrected chi connectivity index (χ0v) is 9.06. The van der Waals surface area contributed by atoms with Gasteiger partial charge in [-0.3, -0.25) is 4.79 Å². The summed E-state index contributed by atoms with van der Waals surface area (Å²) in [6.07, 6.45) is 1.39. The van der Waals surface area contributed by atoms with Crippen molar-refractivity contribution in [2.24, 2.45) is 11.6 Å². The van der Waals surface area contributed by atoms with Gasteiger partial charge in [0.1, 0.15) is 5.82 Å². The molecule has 0 saturated heterocycles.